The predicted octanol–water partition coefficient (Wildman–Crippen LogP) is 4.49. The molecule has 0 fully saturated rings. The normalized spacial score (nSPS) is 12.2. The summed E-state index contributed by atoms with van der Waals surface area (Å²) in [6.45, 7) is 8.24. The zero-order chi connectivity index (χ0) is 14.0. The van der Waals surface area contributed by atoms with Crippen LogP contribution in [0.3, 0.4) is 0 Å². The Morgan fingerprint density at radius 3 is 2.32 bits per heavy atom. The van der Waals surface area contributed by atoms with Crippen LogP contribution in [0.4, 0.5) is 5.69 Å². The summed E-state index contributed by atoms with van der Waals surface area (Å²) in [5.41, 5.74) is 5.63. The van der Waals surface area contributed by atoms with Gasteiger partial charge in [-0.3, -0.25) is 0 Å². The fourth-order valence-corrected chi connectivity index (χ4v) is 2.18. The van der Waals surface area contributed by atoms with E-state index in [4.69, 9.17) is 0 Å². The van der Waals surface area contributed by atoms with Crippen molar-refractivity contribution in [2.75, 3.05) is 5.32 Å². The van der Waals surface area contributed by atoms with Crippen LogP contribution >= 0.6 is 0 Å². The molecule has 0 radical (unpaired) electrons. The molecular weight excluding hydrogens is 234 g/mol. The van der Waals surface area contributed by atoms with Crippen molar-refractivity contribution in [3.63, 3.8) is 0 Å². The second-order valence-corrected chi connectivity index (χ2v) is 5.23. The van der Waals surface area contributed by atoms with Crippen molar-refractivity contribution in [1.29, 1.82) is 0 Å². The van der Waals surface area contributed by atoms with E-state index in [9.17, 15) is 5.11 Å². The molecule has 2 rings (SSSR count). The van der Waals surface area contributed by atoms with E-state index in [1.165, 1.54) is 11.1 Å². The second kappa shape index (κ2) is 5.35. The van der Waals surface area contributed by atoms with Gasteiger partial charge in [0.2, 0.25) is 0 Å². The van der Waals surface area contributed by atoms with Crippen molar-refractivity contribution >= 4 is 5.69 Å². The van der Waals surface area contributed by atoms with E-state index in [0.717, 1.165) is 16.8 Å². The molecule has 0 aromatic heterocycles. The lowest BCUT2D eigenvalue weighted by molar-refractivity contribution is 0.465. The molecule has 0 saturated heterocycles. The first-order chi connectivity index (χ1) is 8.97. The van der Waals surface area contributed by atoms with Crippen molar-refractivity contribution in [2.24, 2.45) is 0 Å². The first kappa shape index (κ1) is 13.5. The summed E-state index contributed by atoms with van der Waals surface area (Å²) in [6, 6.07) is 12.2. The van der Waals surface area contributed by atoms with Gasteiger partial charge in [-0.05, 0) is 62.6 Å². The molecule has 1 unspecified atom stereocenters. The third-order valence-corrected chi connectivity index (χ3v) is 3.54. The van der Waals surface area contributed by atoms with E-state index in [2.05, 4.69) is 44.3 Å². The van der Waals surface area contributed by atoms with Gasteiger partial charge in [0, 0.05) is 11.3 Å². The first-order valence-electron chi connectivity index (χ1n) is 6.60. The number of phenols is 1. The van der Waals surface area contributed by atoms with Gasteiger partial charge < -0.3 is 10.4 Å². The van der Waals surface area contributed by atoms with Gasteiger partial charge >= 0.3 is 0 Å². The Kier molecular flexibility index (Phi) is 3.79. The largest absolute Gasteiger partial charge is 0.508 e. The fourth-order valence-electron chi connectivity index (χ4n) is 2.18. The maximum Gasteiger partial charge on any atom is 0.121 e. The molecular formula is C17H21NO. The Morgan fingerprint density at radius 2 is 1.68 bits per heavy atom. The quantitative estimate of drug-likeness (QED) is 0.847. The molecule has 2 N–H and O–H groups in total. The van der Waals surface area contributed by atoms with E-state index >= 15 is 0 Å². The number of hydrogen-bond donors (Lipinski definition) is 2. The minimum absolute atomic E-state index is 0.0720. The van der Waals surface area contributed by atoms with Gasteiger partial charge in [0.15, 0.2) is 0 Å². The number of aryl methyl sites for hydroxylation is 3. The van der Waals surface area contributed by atoms with Crippen LogP contribution in [-0.4, -0.2) is 5.11 Å². The lowest BCUT2D eigenvalue weighted by atomic mass is 10.0. The third kappa shape index (κ3) is 3.08. The zero-order valence-corrected chi connectivity index (χ0v) is 12.0. The SMILES string of the molecule is Cc1ccc(C(C)Nc2ccc(C)c(C)c2)c(O)c1. The van der Waals surface area contributed by atoms with Crippen molar-refractivity contribution in [2.45, 2.75) is 33.7 Å². The summed E-state index contributed by atoms with van der Waals surface area (Å²) < 4.78 is 0. The highest BCUT2D eigenvalue weighted by Gasteiger charge is 2.10. The molecule has 19 heavy (non-hydrogen) atoms. The maximum absolute atomic E-state index is 10.00. The lowest BCUT2D eigenvalue weighted by Gasteiger charge is -2.18. The number of benzene rings is 2. The Bertz CT molecular complexity index is 590. The van der Waals surface area contributed by atoms with E-state index in [1.54, 1.807) is 6.07 Å². The van der Waals surface area contributed by atoms with Crippen LogP contribution in [-0.2, 0) is 0 Å². The lowest BCUT2D eigenvalue weighted by Crippen LogP contribution is -2.07. The Labute approximate surface area is 115 Å². The summed E-state index contributed by atoms with van der Waals surface area (Å²) in [4.78, 5) is 0. The summed E-state index contributed by atoms with van der Waals surface area (Å²) >= 11 is 0. The molecule has 0 aliphatic carbocycles. The Balaban J connectivity index is 2.20. The van der Waals surface area contributed by atoms with Gasteiger partial charge in [0.05, 0.1) is 6.04 Å². The van der Waals surface area contributed by atoms with E-state index in [0.29, 0.717) is 5.75 Å². The molecule has 0 spiro atoms. The van der Waals surface area contributed by atoms with Gasteiger partial charge in [-0.25, -0.2) is 0 Å². The van der Waals surface area contributed by atoms with Crippen molar-refractivity contribution in [3.05, 3.63) is 58.7 Å². The average Bonchev–Trinajstić information content (AvgIpc) is 2.33. The number of nitrogens with one attached hydrogen (secondary N) is 1. The van der Waals surface area contributed by atoms with Gasteiger partial charge in [-0.1, -0.05) is 18.2 Å². The number of anilines is 1. The van der Waals surface area contributed by atoms with Gasteiger partial charge in [-0.15, -0.1) is 0 Å². The first-order valence-corrected chi connectivity index (χ1v) is 6.60. The summed E-state index contributed by atoms with van der Waals surface area (Å²) in [5, 5.41) is 13.4. The molecule has 0 aliphatic rings. The minimum Gasteiger partial charge on any atom is -0.508 e. The number of hydrogen-bond acceptors (Lipinski definition) is 2. The van der Waals surface area contributed by atoms with Crippen LogP contribution in [0.15, 0.2) is 36.4 Å². The van der Waals surface area contributed by atoms with Gasteiger partial charge in [0.25, 0.3) is 0 Å². The highest BCUT2D eigenvalue weighted by Crippen LogP contribution is 2.28. The molecule has 0 heterocycles. The molecule has 1 atom stereocenters. The van der Waals surface area contributed by atoms with Crippen molar-refractivity contribution < 1.29 is 5.11 Å². The zero-order valence-electron chi connectivity index (χ0n) is 12.0. The number of aromatic hydroxyl groups is 1. The predicted molar refractivity (Wildman–Crippen MR) is 80.8 cm³/mol. The standard InChI is InChI=1S/C17H21NO/c1-11-5-8-16(17(19)9-11)14(4)18-15-7-6-12(2)13(3)10-15/h5-10,14,18-19H,1-4H3. The molecule has 2 nitrogen and oxygen atoms in total. The monoisotopic (exact) mass is 255 g/mol. The van der Waals surface area contributed by atoms with Crippen LogP contribution in [0.25, 0.3) is 0 Å². The van der Waals surface area contributed by atoms with Crippen LogP contribution in [0.5, 0.6) is 5.75 Å². The smallest absolute Gasteiger partial charge is 0.121 e. The van der Waals surface area contributed by atoms with Crippen LogP contribution in [0, 0.1) is 20.8 Å². The molecule has 0 amide bonds. The molecule has 0 bridgehead atoms. The molecule has 2 aromatic rings. The summed E-state index contributed by atoms with van der Waals surface area (Å²) in [6.07, 6.45) is 0. The summed E-state index contributed by atoms with van der Waals surface area (Å²) in [5.74, 6) is 0.351. The topological polar surface area (TPSA) is 32.3 Å². The highest BCUT2D eigenvalue weighted by molar-refractivity contribution is 5.51. The molecule has 0 aliphatic heterocycles. The van der Waals surface area contributed by atoms with E-state index in [1.807, 2.05) is 19.1 Å². The van der Waals surface area contributed by atoms with Crippen molar-refractivity contribution in [1.82, 2.24) is 0 Å². The van der Waals surface area contributed by atoms with E-state index < -0.39 is 0 Å². The molecule has 100 valence electrons. The second-order valence-electron chi connectivity index (χ2n) is 5.23. The van der Waals surface area contributed by atoms with Crippen LogP contribution in [0.1, 0.15) is 35.2 Å². The highest BCUT2D eigenvalue weighted by atomic mass is 16.3. The molecule has 2 aromatic carbocycles. The maximum atomic E-state index is 10.00. The average molecular weight is 255 g/mol. The van der Waals surface area contributed by atoms with Gasteiger partial charge in [-0.2, -0.15) is 0 Å². The summed E-state index contributed by atoms with van der Waals surface area (Å²) in [7, 11) is 0. The fraction of sp³-hybridized carbons (Fsp3) is 0.294. The van der Waals surface area contributed by atoms with Crippen LogP contribution < -0.4 is 5.32 Å². The molecule has 0 saturated carbocycles. The number of phenolic OH excluding ortho intramolecular Hbond substituents is 1. The van der Waals surface area contributed by atoms with Crippen molar-refractivity contribution in [3.8, 4) is 5.75 Å². The minimum atomic E-state index is 0.0720. The molecule has 2 heteroatoms. The Morgan fingerprint density at radius 1 is 0.947 bits per heavy atom. The van der Waals surface area contributed by atoms with Gasteiger partial charge in [0.1, 0.15) is 5.75 Å². The third-order valence-electron chi connectivity index (χ3n) is 3.54. The number of rotatable bonds is 3. The van der Waals surface area contributed by atoms with E-state index in [-0.39, 0.29) is 6.04 Å². The van der Waals surface area contributed by atoms with Crippen LogP contribution in [0.2, 0.25) is 0 Å². The Hall–Kier alpha value is -1.96.